The Morgan fingerprint density at radius 2 is 2.20 bits per heavy atom. The summed E-state index contributed by atoms with van der Waals surface area (Å²) < 4.78 is 9.75. The molecule has 0 aliphatic carbocycles. The van der Waals surface area contributed by atoms with Gasteiger partial charge in [0.2, 0.25) is 0 Å². The van der Waals surface area contributed by atoms with Gasteiger partial charge >= 0.3 is 0 Å². The van der Waals surface area contributed by atoms with Crippen molar-refractivity contribution in [2.24, 2.45) is 0 Å². The molecular formula is C18H19ClN4O2. The summed E-state index contributed by atoms with van der Waals surface area (Å²) in [4.78, 5) is 19.3. The van der Waals surface area contributed by atoms with Crippen LogP contribution in [0.4, 0.5) is 0 Å². The molecule has 6 nitrogen and oxygen atoms in total. The van der Waals surface area contributed by atoms with Crippen LogP contribution in [0.25, 0.3) is 5.65 Å². The predicted octanol–water partition coefficient (Wildman–Crippen LogP) is 2.85. The lowest BCUT2D eigenvalue weighted by Gasteiger charge is -2.23. The van der Waals surface area contributed by atoms with E-state index in [9.17, 15) is 4.79 Å². The maximum absolute atomic E-state index is 13.0. The third kappa shape index (κ3) is 3.15. The summed E-state index contributed by atoms with van der Waals surface area (Å²) >= 11 is 6.01. The van der Waals surface area contributed by atoms with E-state index >= 15 is 0 Å². The number of hydrogen-bond donors (Lipinski definition) is 0. The molecule has 0 fully saturated rings. The van der Waals surface area contributed by atoms with Crippen molar-refractivity contribution in [1.82, 2.24) is 18.9 Å². The summed E-state index contributed by atoms with van der Waals surface area (Å²) in [6.45, 7) is 4.43. The highest BCUT2D eigenvalue weighted by atomic mass is 35.5. The van der Waals surface area contributed by atoms with E-state index in [-0.39, 0.29) is 12.0 Å². The van der Waals surface area contributed by atoms with Crippen LogP contribution in [0.1, 0.15) is 23.1 Å². The van der Waals surface area contributed by atoms with Gasteiger partial charge in [0.25, 0.3) is 5.91 Å². The minimum Gasteiger partial charge on any atom is -0.375 e. The average Bonchev–Trinajstić information content (AvgIpc) is 3.16. The van der Waals surface area contributed by atoms with E-state index in [0.717, 1.165) is 12.2 Å². The Balaban J connectivity index is 1.65. The number of carbonyl (C=O) groups is 1. The van der Waals surface area contributed by atoms with E-state index in [4.69, 9.17) is 16.3 Å². The molecule has 7 heteroatoms. The first-order valence-electron chi connectivity index (χ1n) is 8.33. The van der Waals surface area contributed by atoms with Crippen molar-refractivity contribution in [2.45, 2.75) is 26.1 Å². The number of hydrogen-bond acceptors (Lipinski definition) is 3. The maximum Gasteiger partial charge on any atom is 0.274 e. The van der Waals surface area contributed by atoms with Gasteiger partial charge in [-0.05, 0) is 31.2 Å². The van der Waals surface area contributed by atoms with Crippen LogP contribution < -0.4 is 0 Å². The van der Waals surface area contributed by atoms with Crippen molar-refractivity contribution in [1.29, 1.82) is 0 Å². The Morgan fingerprint density at radius 3 is 3.04 bits per heavy atom. The summed E-state index contributed by atoms with van der Waals surface area (Å²) in [5.74, 6) is -0.0980. The Kier molecular flexibility index (Phi) is 4.23. The first kappa shape index (κ1) is 16.2. The molecular weight excluding hydrogens is 340 g/mol. The van der Waals surface area contributed by atoms with Gasteiger partial charge in [0.15, 0.2) is 0 Å². The second kappa shape index (κ2) is 6.54. The first-order chi connectivity index (χ1) is 12.1. The van der Waals surface area contributed by atoms with Gasteiger partial charge < -0.3 is 18.6 Å². The predicted molar refractivity (Wildman–Crippen MR) is 94.8 cm³/mol. The van der Waals surface area contributed by atoms with Crippen molar-refractivity contribution >= 4 is 23.2 Å². The van der Waals surface area contributed by atoms with Gasteiger partial charge in [-0.25, -0.2) is 4.98 Å². The third-order valence-corrected chi connectivity index (χ3v) is 4.65. The number of nitrogens with zero attached hydrogens (tertiary/aromatic N) is 4. The molecule has 0 aromatic carbocycles. The molecule has 130 valence electrons. The molecule has 0 radical (unpaired) electrons. The Bertz CT molecular complexity index is 917. The quantitative estimate of drug-likeness (QED) is 0.723. The number of ether oxygens (including phenoxy) is 1. The fourth-order valence-electron chi connectivity index (χ4n) is 3.28. The van der Waals surface area contributed by atoms with Crippen molar-refractivity contribution in [3.63, 3.8) is 0 Å². The molecule has 3 aromatic rings. The fourth-order valence-corrected chi connectivity index (χ4v) is 3.45. The van der Waals surface area contributed by atoms with Crippen molar-refractivity contribution in [3.05, 3.63) is 59.3 Å². The van der Waals surface area contributed by atoms with Gasteiger partial charge in [0, 0.05) is 37.4 Å². The summed E-state index contributed by atoms with van der Waals surface area (Å²) in [6, 6.07) is 7.61. The summed E-state index contributed by atoms with van der Waals surface area (Å²) in [5, 5.41) is 0.605. The van der Waals surface area contributed by atoms with Gasteiger partial charge in [-0.1, -0.05) is 11.6 Å². The monoisotopic (exact) mass is 358 g/mol. The molecule has 1 amide bonds. The van der Waals surface area contributed by atoms with Crippen LogP contribution in [0.3, 0.4) is 0 Å². The third-order valence-electron chi connectivity index (χ3n) is 4.42. The highest BCUT2D eigenvalue weighted by molar-refractivity contribution is 6.30. The van der Waals surface area contributed by atoms with Crippen LogP contribution in [0, 0.1) is 0 Å². The minimum atomic E-state index is -0.0980. The van der Waals surface area contributed by atoms with Gasteiger partial charge in [-0.3, -0.25) is 4.79 Å². The number of rotatable bonds is 3. The molecule has 0 bridgehead atoms. The number of pyridine rings is 1. The number of carbonyl (C=O) groups excluding carboxylic acids is 1. The van der Waals surface area contributed by atoms with Crippen molar-refractivity contribution in [2.75, 3.05) is 13.2 Å². The Hall–Kier alpha value is -2.31. The zero-order valence-corrected chi connectivity index (χ0v) is 14.7. The van der Waals surface area contributed by atoms with Crippen molar-refractivity contribution in [3.8, 4) is 0 Å². The first-order valence-corrected chi connectivity index (χ1v) is 8.71. The number of aromatic nitrogens is 3. The van der Waals surface area contributed by atoms with Gasteiger partial charge in [-0.15, -0.1) is 0 Å². The minimum absolute atomic E-state index is 0.0333. The average molecular weight is 359 g/mol. The van der Waals surface area contributed by atoms with Gasteiger partial charge in [-0.2, -0.15) is 0 Å². The van der Waals surface area contributed by atoms with E-state index < -0.39 is 0 Å². The molecule has 0 unspecified atom stereocenters. The van der Waals surface area contributed by atoms with Crippen LogP contribution in [-0.2, 0) is 17.8 Å². The summed E-state index contributed by atoms with van der Waals surface area (Å²) in [6.07, 6.45) is 5.47. The van der Waals surface area contributed by atoms with E-state index in [0.29, 0.717) is 36.1 Å². The fraction of sp³-hybridized carbons (Fsp3) is 0.333. The molecule has 1 aliphatic rings. The smallest absolute Gasteiger partial charge is 0.274 e. The zero-order chi connectivity index (χ0) is 17.4. The second-order valence-corrected chi connectivity index (χ2v) is 6.59. The molecule has 4 rings (SSSR count). The standard InChI is InChI=1S/C18H19ClN4O2/c1-2-25-15-10-21-7-3-4-14(21)9-23(11-15)18(24)16-12-22-8-13(19)5-6-17(22)20-16/h3-8,12,15H,2,9-11H2,1H3/t15-/m0/s1. The topological polar surface area (TPSA) is 51.8 Å². The van der Waals surface area contributed by atoms with E-state index in [2.05, 4.69) is 9.55 Å². The molecule has 0 spiro atoms. The normalized spacial score (nSPS) is 17.5. The highest BCUT2D eigenvalue weighted by Gasteiger charge is 2.27. The van der Waals surface area contributed by atoms with E-state index in [1.54, 1.807) is 28.9 Å². The SMILES string of the molecule is CCO[C@@H]1CN(C(=O)c2cn3cc(Cl)ccc3n2)Cc2cccn2C1. The molecule has 0 N–H and O–H groups in total. The van der Waals surface area contributed by atoms with Crippen LogP contribution in [0.15, 0.2) is 42.9 Å². The lowest BCUT2D eigenvalue weighted by Crippen LogP contribution is -2.37. The molecule has 4 heterocycles. The summed E-state index contributed by atoms with van der Waals surface area (Å²) in [5.41, 5.74) is 2.21. The zero-order valence-electron chi connectivity index (χ0n) is 13.9. The molecule has 0 saturated heterocycles. The molecule has 1 atom stereocenters. The number of fused-ring (bicyclic) bond motifs is 2. The van der Waals surface area contributed by atoms with Gasteiger partial charge in [0.05, 0.1) is 24.2 Å². The van der Waals surface area contributed by atoms with E-state index in [1.165, 1.54) is 0 Å². The lowest BCUT2D eigenvalue weighted by atomic mass is 10.3. The highest BCUT2D eigenvalue weighted by Crippen LogP contribution is 2.19. The van der Waals surface area contributed by atoms with Crippen molar-refractivity contribution < 1.29 is 9.53 Å². The summed E-state index contributed by atoms with van der Waals surface area (Å²) in [7, 11) is 0. The molecule has 0 saturated carbocycles. The van der Waals surface area contributed by atoms with E-state index in [1.807, 2.05) is 30.2 Å². The second-order valence-electron chi connectivity index (χ2n) is 6.15. The Labute approximate surface area is 150 Å². The Morgan fingerprint density at radius 1 is 1.32 bits per heavy atom. The number of amides is 1. The maximum atomic E-state index is 13.0. The van der Waals surface area contributed by atoms with Gasteiger partial charge in [0.1, 0.15) is 11.3 Å². The van der Waals surface area contributed by atoms with Crippen LogP contribution in [0.2, 0.25) is 5.02 Å². The molecule has 1 aliphatic heterocycles. The molecule has 25 heavy (non-hydrogen) atoms. The number of imidazole rings is 1. The largest absolute Gasteiger partial charge is 0.375 e. The van der Waals surface area contributed by atoms with Crippen LogP contribution in [-0.4, -0.2) is 44.0 Å². The molecule has 3 aromatic heterocycles. The number of halogens is 1. The lowest BCUT2D eigenvalue weighted by molar-refractivity contribution is 0.0256. The van der Waals surface area contributed by atoms with Crippen LogP contribution in [0.5, 0.6) is 0 Å². The van der Waals surface area contributed by atoms with Crippen LogP contribution >= 0.6 is 11.6 Å².